The molecular weight excluding hydrogens is 112 g/mol. The summed E-state index contributed by atoms with van der Waals surface area (Å²) in [5.74, 6) is 0. The minimum absolute atomic E-state index is 0.347. The third-order valence-electron chi connectivity index (χ3n) is 1.58. The summed E-state index contributed by atoms with van der Waals surface area (Å²) in [4.78, 5) is 2.18. The van der Waals surface area contributed by atoms with E-state index in [0.717, 1.165) is 0 Å². The van der Waals surface area contributed by atoms with Crippen molar-refractivity contribution < 1.29 is 0 Å². The second-order valence-electron chi connectivity index (χ2n) is 2.19. The molecule has 1 fully saturated rings. The van der Waals surface area contributed by atoms with Crippen molar-refractivity contribution >= 4 is 0 Å². The summed E-state index contributed by atoms with van der Waals surface area (Å²) in [6.45, 7) is 5.18. The second-order valence-corrected chi connectivity index (χ2v) is 2.19. The smallest absolute Gasteiger partial charge is 0.0569 e. The molecule has 1 atom stereocenters. The summed E-state index contributed by atoms with van der Waals surface area (Å²) in [5, 5.41) is 0. The Hall–Kier alpha value is -0.0800. The van der Waals surface area contributed by atoms with Crippen LogP contribution in [0.15, 0.2) is 0 Å². The molecule has 0 aromatic carbocycles. The van der Waals surface area contributed by atoms with Crippen molar-refractivity contribution in [1.82, 2.24) is 4.90 Å². The Bertz CT molecular complexity index is 55.9. The van der Waals surface area contributed by atoms with Gasteiger partial charge in [-0.05, 0) is 26.4 Å². The highest BCUT2D eigenvalue weighted by molar-refractivity contribution is 4.69. The topological polar surface area (TPSA) is 29.3 Å². The molecule has 0 amide bonds. The fraction of sp³-hybridized carbons (Fsp3) is 1.00. The molecule has 0 bridgehead atoms. The zero-order chi connectivity index (χ0) is 7.28. The molecule has 1 aliphatic heterocycles. The largest absolute Gasteiger partial charge is 0.316 e. The predicted octanol–water partition coefficient (Wildman–Crippen LogP) is 1.02. The lowest BCUT2D eigenvalue weighted by molar-refractivity contribution is 0.318. The Morgan fingerprint density at radius 2 is 2.00 bits per heavy atom. The maximum Gasteiger partial charge on any atom is 0.0569 e. The summed E-state index contributed by atoms with van der Waals surface area (Å²) in [5.41, 5.74) is 5.60. The lowest BCUT2D eigenvalue weighted by Gasteiger charge is -2.12. The second kappa shape index (κ2) is 4.77. The van der Waals surface area contributed by atoms with E-state index >= 15 is 0 Å². The summed E-state index contributed by atoms with van der Waals surface area (Å²) >= 11 is 0. The Morgan fingerprint density at radius 1 is 1.44 bits per heavy atom. The zero-order valence-corrected chi connectivity index (χ0v) is 6.72. The number of nitrogens with two attached hydrogens (primary N) is 1. The van der Waals surface area contributed by atoms with Crippen molar-refractivity contribution in [3.63, 3.8) is 0 Å². The van der Waals surface area contributed by atoms with Crippen molar-refractivity contribution in [3.8, 4) is 0 Å². The van der Waals surface area contributed by atoms with Gasteiger partial charge in [-0.15, -0.1) is 0 Å². The molecule has 56 valence electrons. The van der Waals surface area contributed by atoms with Gasteiger partial charge >= 0.3 is 0 Å². The zero-order valence-electron chi connectivity index (χ0n) is 6.72. The van der Waals surface area contributed by atoms with Gasteiger partial charge in [0.15, 0.2) is 0 Å². The molecular formula is C7H18N2. The van der Waals surface area contributed by atoms with Crippen molar-refractivity contribution in [1.29, 1.82) is 0 Å². The maximum absolute atomic E-state index is 5.60. The van der Waals surface area contributed by atoms with Gasteiger partial charge in [0, 0.05) is 0 Å². The number of rotatable bonds is 0. The van der Waals surface area contributed by atoms with Crippen LogP contribution in [-0.2, 0) is 0 Å². The van der Waals surface area contributed by atoms with Crippen molar-refractivity contribution in [2.24, 2.45) is 5.73 Å². The highest BCUT2D eigenvalue weighted by atomic mass is 15.2. The molecule has 0 spiro atoms. The fourth-order valence-corrected chi connectivity index (χ4v) is 0.936. The molecule has 0 saturated carbocycles. The summed E-state index contributed by atoms with van der Waals surface area (Å²) < 4.78 is 0. The van der Waals surface area contributed by atoms with Crippen LogP contribution in [0.5, 0.6) is 0 Å². The van der Waals surface area contributed by atoms with Crippen molar-refractivity contribution in [2.45, 2.75) is 32.9 Å². The van der Waals surface area contributed by atoms with E-state index in [4.69, 9.17) is 5.73 Å². The van der Waals surface area contributed by atoms with Crippen LogP contribution < -0.4 is 5.73 Å². The lowest BCUT2D eigenvalue weighted by Crippen LogP contribution is -2.32. The standard InChI is InChI=1S/C5H12N2.C2H6/c1-7-4-2-3-5(7)6;1-2/h5H,2-4,6H2,1H3;1-2H3. The van der Waals surface area contributed by atoms with Crippen LogP contribution in [0.4, 0.5) is 0 Å². The molecule has 2 nitrogen and oxygen atoms in total. The average molecular weight is 130 g/mol. The van der Waals surface area contributed by atoms with Crippen LogP contribution in [0.25, 0.3) is 0 Å². The van der Waals surface area contributed by atoms with E-state index in [1.54, 1.807) is 0 Å². The van der Waals surface area contributed by atoms with Gasteiger partial charge in [-0.2, -0.15) is 0 Å². The van der Waals surface area contributed by atoms with E-state index in [2.05, 4.69) is 11.9 Å². The summed E-state index contributed by atoms with van der Waals surface area (Å²) in [6, 6.07) is 0. The fourth-order valence-electron chi connectivity index (χ4n) is 0.936. The first-order valence-electron chi connectivity index (χ1n) is 3.76. The minimum Gasteiger partial charge on any atom is -0.316 e. The first-order chi connectivity index (χ1) is 4.30. The number of hydrogen-bond donors (Lipinski definition) is 1. The van der Waals surface area contributed by atoms with Crippen LogP contribution in [-0.4, -0.2) is 24.7 Å². The monoisotopic (exact) mass is 130 g/mol. The summed E-state index contributed by atoms with van der Waals surface area (Å²) in [6.07, 6.45) is 2.80. The quantitative estimate of drug-likeness (QED) is 0.530. The molecule has 1 aliphatic rings. The van der Waals surface area contributed by atoms with E-state index in [9.17, 15) is 0 Å². The van der Waals surface area contributed by atoms with Crippen LogP contribution >= 0.6 is 0 Å². The predicted molar refractivity (Wildman–Crippen MR) is 41.2 cm³/mol. The highest BCUT2D eigenvalue weighted by Crippen LogP contribution is 2.08. The van der Waals surface area contributed by atoms with Gasteiger partial charge in [0.25, 0.3) is 0 Å². The van der Waals surface area contributed by atoms with Crippen molar-refractivity contribution in [3.05, 3.63) is 0 Å². The molecule has 9 heavy (non-hydrogen) atoms. The molecule has 0 aliphatic carbocycles. The van der Waals surface area contributed by atoms with Crippen LogP contribution in [0.1, 0.15) is 26.7 Å². The van der Waals surface area contributed by atoms with E-state index in [-0.39, 0.29) is 0 Å². The molecule has 2 N–H and O–H groups in total. The van der Waals surface area contributed by atoms with E-state index in [1.165, 1.54) is 19.4 Å². The molecule has 0 aromatic rings. The van der Waals surface area contributed by atoms with E-state index in [0.29, 0.717) is 6.17 Å². The number of nitrogens with zero attached hydrogens (tertiary/aromatic N) is 1. The molecule has 1 heterocycles. The van der Waals surface area contributed by atoms with Gasteiger partial charge in [0.05, 0.1) is 6.17 Å². The highest BCUT2D eigenvalue weighted by Gasteiger charge is 2.14. The van der Waals surface area contributed by atoms with E-state index < -0.39 is 0 Å². The normalized spacial score (nSPS) is 27.3. The van der Waals surface area contributed by atoms with Gasteiger partial charge < -0.3 is 5.73 Å². The van der Waals surface area contributed by atoms with Gasteiger partial charge in [0.2, 0.25) is 0 Å². The first kappa shape index (κ1) is 8.92. The molecule has 1 unspecified atom stereocenters. The van der Waals surface area contributed by atoms with Crippen LogP contribution in [0, 0.1) is 0 Å². The SMILES string of the molecule is CC.CN1CCCC1N. The molecule has 2 heteroatoms. The molecule has 1 saturated heterocycles. The summed E-state index contributed by atoms with van der Waals surface area (Å²) in [7, 11) is 2.07. The Morgan fingerprint density at radius 3 is 2.11 bits per heavy atom. The van der Waals surface area contributed by atoms with Crippen LogP contribution in [0.2, 0.25) is 0 Å². The van der Waals surface area contributed by atoms with Gasteiger partial charge in [-0.25, -0.2) is 0 Å². The van der Waals surface area contributed by atoms with Gasteiger partial charge in [-0.1, -0.05) is 13.8 Å². The lowest BCUT2D eigenvalue weighted by atomic mass is 10.3. The van der Waals surface area contributed by atoms with Gasteiger partial charge in [-0.3, -0.25) is 4.90 Å². The first-order valence-corrected chi connectivity index (χ1v) is 3.76. The Balaban J connectivity index is 0.000000291. The van der Waals surface area contributed by atoms with E-state index in [1.807, 2.05) is 13.8 Å². The maximum atomic E-state index is 5.60. The van der Waals surface area contributed by atoms with Gasteiger partial charge in [0.1, 0.15) is 0 Å². The Labute approximate surface area is 58.0 Å². The molecule has 0 radical (unpaired) electrons. The minimum atomic E-state index is 0.347. The molecule has 1 rings (SSSR count). The average Bonchev–Trinajstić information content (AvgIpc) is 2.23. The third-order valence-corrected chi connectivity index (χ3v) is 1.58. The Kier molecular flexibility index (Phi) is 4.72. The third kappa shape index (κ3) is 2.82. The number of likely N-dealkylation sites (tertiary alicyclic amines) is 1. The molecule has 0 aromatic heterocycles. The number of hydrogen-bond acceptors (Lipinski definition) is 2. The van der Waals surface area contributed by atoms with Crippen molar-refractivity contribution in [2.75, 3.05) is 13.6 Å². The van der Waals surface area contributed by atoms with Crippen LogP contribution in [0.3, 0.4) is 0 Å².